The summed E-state index contributed by atoms with van der Waals surface area (Å²) in [5, 5.41) is 6.20. The standard InChI is InChI=1S/C20H32FN5O.HI/c1-4-22-20(24-15-19(27)26-11-7-8-12-26)23-14-16-9-10-18(17(21)13-16)25(5-2)6-3;/h9-10,13H,4-8,11-12,14-15H2,1-3H3,(H2,22,23,24);1H. The van der Waals surface area contributed by atoms with Crippen molar-refractivity contribution in [1.29, 1.82) is 0 Å². The van der Waals surface area contributed by atoms with Gasteiger partial charge in [-0.3, -0.25) is 4.79 Å². The molecule has 1 heterocycles. The largest absolute Gasteiger partial charge is 0.370 e. The summed E-state index contributed by atoms with van der Waals surface area (Å²) >= 11 is 0. The topological polar surface area (TPSA) is 60.0 Å². The van der Waals surface area contributed by atoms with Gasteiger partial charge in [-0.25, -0.2) is 9.38 Å². The zero-order valence-electron chi connectivity index (χ0n) is 17.1. The van der Waals surface area contributed by atoms with Gasteiger partial charge in [0.2, 0.25) is 5.91 Å². The van der Waals surface area contributed by atoms with E-state index in [9.17, 15) is 9.18 Å². The van der Waals surface area contributed by atoms with E-state index in [1.54, 1.807) is 0 Å². The zero-order chi connectivity index (χ0) is 19.6. The van der Waals surface area contributed by atoms with E-state index < -0.39 is 0 Å². The molecule has 0 atom stereocenters. The van der Waals surface area contributed by atoms with Crippen LogP contribution in [0.5, 0.6) is 0 Å². The van der Waals surface area contributed by atoms with Crippen LogP contribution in [0.2, 0.25) is 0 Å². The van der Waals surface area contributed by atoms with Crippen LogP contribution in [-0.4, -0.2) is 56.0 Å². The second-order valence-electron chi connectivity index (χ2n) is 6.59. The molecule has 2 N–H and O–H groups in total. The first kappa shape index (κ1) is 24.5. The highest BCUT2D eigenvalue weighted by atomic mass is 127. The highest BCUT2D eigenvalue weighted by Gasteiger charge is 2.17. The van der Waals surface area contributed by atoms with Crippen LogP contribution in [0.1, 0.15) is 39.2 Å². The lowest BCUT2D eigenvalue weighted by molar-refractivity contribution is -0.128. The second kappa shape index (κ2) is 12.8. The molecule has 2 rings (SSSR count). The Labute approximate surface area is 185 Å². The maximum atomic E-state index is 14.4. The summed E-state index contributed by atoms with van der Waals surface area (Å²) in [6.07, 6.45) is 2.16. The fraction of sp³-hybridized carbons (Fsp3) is 0.600. The van der Waals surface area contributed by atoms with Gasteiger partial charge in [-0.05, 0) is 51.3 Å². The van der Waals surface area contributed by atoms with Crippen molar-refractivity contribution in [2.45, 2.75) is 40.2 Å². The maximum Gasteiger partial charge on any atom is 0.241 e. The number of rotatable bonds is 8. The van der Waals surface area contributed by atoms with Crippen molar-refractivity contribution in [2.24, 2.45) is 4.99 Å². The first-order valence-electron chi connectivity index (χ1n) is 9.92. The Morgan fingerprint density at radius 3 is 2.43 bits per heavy atom. The third-order valence-corrected chi connectivity index (χ3v) is 4.75. The molecule has 0 aliphatic carbocycles. The molecule has 0 saturated carbocycles. The molecule has 0 spiro atoms. The quantitative estimate of drug-likeness (QED) is 0.324. The number of nitrogens with zero attached hydrogens (tertiary/aromatic N) is 3. The van der Waals surface area contributed by atoms with Crippen molar-refractivity contribution >= 4 is 41.5 Å². The molecular weight excluding hydrogens is 472 g/mol. The van der Waals surface area contributed by atoms with E-state index in [4.69, 9.17) is 0 Å². The Bertz CT molecular complexity index is 645. The number of amides is 1. The lowest BCUT2D eigenvalue weighted by Crippen LogP contribution is -2.44. The highest BCUT2D eigenvalue weighted by Crippen LogP contribution is 2.20. The number of likely N-dealkylation sites (tertiary alicyclic amines) is 1. The van der Waals surface area contributed by atoms with Crippen molar-refractivity contribution in [3.8, 4) is 0 Å². The van der Waals surface area contributed by atoms with Gasteiger partial charge in [0.25, 0.3) is 0 Å². The lowest BCUT2D eigenvalue weighted by Gasteiger charge is -2.21. The van der Waals surface area contributed by atoms with Gasteiger partial charge in [-0.15, -0.1) is 24.0 Å². The van der Waals surface area contributed by atoms with Gasteiger partial charge in [-0.1, -0.05) is 6.07 Å². The van der Waals surface area contributed by atoms with Gasteiger partial charge in [0.15, 0.2) is 5.96 Å². The Morgan fingerprint density at radius 1 is 1.18 bits per heavy atom. The Hall–Kier alpha value is -1.58. The summed E-state index contributed by atoms with van der Waals surface area (Å²) in [6, 6.07) is 5.25. The molecule has 1 amide bonds. The molecule has 1 aliphatic heterocycles. The minimum atomic E-state index is -0.228. The number of aliphatic imine (C=N–C) groups is 1. The number of nitrogens with one attached hydrogen (secondary N) is 2. The molecule has 0 aromatic heterocycles. The molecule has 0 radical (unpaired) electrons. The molecule has 6 nitrogen and oxygen atoms in total. The van der Waals surface area contributed by atoms with Gasteiger partial charge in [0.1, 0.15) is 5.82 Å². The van der Waals surface area contributed by atoms with E-state index >= 15 is 0 Å². The Kier molecular flexibility index (Phi) is 11.2. The van der Waals surface area contributed by atoms with Crippen molar-refractivity contribution in [3.63, 3.8) is 0 Å². The summed E-state index contributed by atoms with van der Waals surface area (Å²) < 4.78 is 14.4. The first-order valence-corrected chi connectivity index (χ1v) is 9.92. The van der Waals surface area contributed by atoms with Crippen LogP contribution in [0, 0.1) is 5.82 Å². The third-order valence-electron chi connectivity index (χ3n) is 4.75. The first-order chi connectivity index (χ1) is 13.1. The summed E-state index contributed by atoms with van der Waals surface area (Å²) in [7, 11) is 0. The molecule has 28 heavy (non-hydrogen) atoms. The van der Waals surface area contributed by atoms with E-state index in [-0.39, 0.29) is 42.2 Å². The number of halogens is 2. The van der Waals surface area contributed by atoms with E-state index in [2.05, 4.69) is 15.6 Å². The number of guanidine groups is 1. The predicted octanol–water partition coefficient (Wildman–Crippen LogP) is 2.97. The van der Waals surface area contributed by atoms with Gasteiger partial charge in [-0.2, -0.15) is 0 Å². The molecule has 1 fully saturated rings. The van der Waals surface area contributed by atoms with Gasteiger partial charge in [0.05, 0.1) is 18.8 Å². The average Bonchev–Trinajstić information content (AvgIpc) is 3.21. The fourth-order valence-electron chi connectivity index (χ4n) is 3.22. The highest BCUT2D eigenvalue weighted by molar-refractivity contribution is 14.0. The van der Waals surface area contributed by atoms with Crippen molar-refractivity contribution in [3.05, 3.63) is 29.6 Å². The molecule has 1 aliphatic rings. The summed E-state index contributed by atoms with van der Waals surface area (Å²) in [6.45, 7) is 10.5. The van der Waals surface area contributed by atoms with E-state index in [0.717, 1.165) is 44.6 Å². The second-order valence-corrected chi connectivity index (χ2v) is 6.59. The van der Waals surface area contributed by atoms with Gasteiger partial charge in [0, 0.05) is 32.7 Å². The summed E-state index contributed by atoms with van der Waals surface area (Å²) in [5.41, 5.74) is 1.42. The van der Waals surface area contributed by atoms with Crippen molar-refractivity contribution in [2.75, 3.05) is 44.2 Å². The van der Waals surface area contributed by atoms with E-state index in [0.29, 0.717) is 24.7 Å². The molecule has 1 aromatic carbocycles. The SMILES string of the molecule is CCNC(=NCc1ccc(N(CC)CC)c(F)c1)NCC(=O)N1CCCC1.I. The van der Waals surface area contributed by atoms with Gasteiger partial charge >= 0.3 is 0 Å². The third kappa shape index (κ3) is 7.10. The summed E-state index contributed by atoms with van der Waals surface area (Å²) in [5.74, 6) is 0.430. The van der Waals surface area contributed by atoms with E-state index in [1.807, 2.05) is 42.7 Å². The number of benzene rings is 1. The molecular formula is C20H33FIN5O. The van der Waals surface area contributed by atoms with Crippen LogP contribution in [0.15, 0.2) is 23.2 Å². The van der Waals surface area contributed by atoms with Crippen LogP contribution in [0.4, 0.5) is 10.1 Å². The minimum Gasteiger partial charge on any atom is -0.370 e. The molecule has 0 unspecified atom stereocenters. The molecule has 0 bridgehead atoms. The van der Waals surface area contributed by atoms with Crippen LogP contribution in [-0.2, 0) is 11.3 Å². The number of carbonyl (C=O) groups excluding carboxylic acids is 1. The van der Waals surface area contributed by atoms with Crippen LogP contribution < -0.4 is 15.5 Å². The number of carbonyl (C=O) groups is 1. The lowest BCUT2D eigenvalue weighted by atomic mass is 10.2. The number of hydrogen-bond donors (Lipinski definition) is 2. The van der Waals surface area contributed by atoms with Gasteiger partial charge < -0.3 is 20.4 Å². The van der Waals surface area contributed by atoms with Crippen molar-refractivity contribution in [1.82, 2.24) is 15.5 Å². The number of anilines is 1. The van der Waals surface area contributed by atoms with Crippen LogP contribution in [0.3, 0.4) is 0 Å². The monoisotopic (exact) mass is 505 g/mol. The maximum absolute atomic E-state index is 14.4. The molecule has 8 heteroatoms. The molecule has 158 valence electrons. The Morgan fingerprint density at radius 2 is 1.86 bits per heavy atom. The smallest absolute Gasteiger partial charge is 0.241 e. The minimum absolute atomic E-state index is 0. The molecule has 1 aromatic rings. The van der Waals surface area contributed by atoms with Crippen LogP contribution in [0.25, 0.3) is 0 Å². The zero-order valence-corrected chi connectivity index (χ0v) is 19.5. The molecule has 1 saturated heterocycles. The Balaban J connectivity index is 0.00000392. The summed E-state index contributed by atoms with van der Waals surface area (Å²) in [4.78, 5) is 20.5. The normalized spacial score (nSPS) is 13.9. The van der Waals surface area contributed by atoms with Crippen LogP contribution >= 0.6 is 24.0 Å². The predicted molar refractivity (Wildman–Crippen MR) is 124 cm³/mol. The van der Waals surface area contributed by atoms with E-state index in [1.165, 1.54) is 6.07 Å². The average molecular weight is 505 g/mol. The number of hydrogen-bond acceptors (Lipinski definition) is 3. The van der Waals surface area contributed by atoms with Crippen molar-refractivity contribution < 1.29 is 9.18 Å². The fourth-order valence-corrected chi connectivity index (χ4v) is 3.22.